The predicted molar refractivity (Wildman–Crippen MR) is 78.5 cm³/mol. The first-order valence-electron chi connectivity index (χ1n) is 6.81. The summed E-state index contributed by atoms with van der Waals surface area (Å²) in [5.41, 5.74) is 0. The Morgan fingerprint density at radius 3 is 2.06 bits per heavy atom. The summed E-state index contributed by atoms with van der Waals surface area (Å²) in [6.07, 6.45) is 13.5. The lowest BCUT2D eigenvalue weighted by Gasteiger charge is -2.00. The molecule has 0 aromatic carbocycles. The summed E-state index contributed by atoms with van der Waals surface area (Å²) in [5.74, 6) is 0. The lowest BCUT2D eigenvalue weighted by atomic mass is 10.1. The van der Waals surface area contributed by atoms with E-state index in [2.05, 4.69) is 32.2 Å². The van der Waals surface area contributed by atoms with Crippen LogP contribution < -0.4 is 0 Å². The number of halogens is 1. The van der Waals surface area contributed by atoms with Gasteiger partial charge in [-0.1, -0.05) is 58.3 Å². The highest BCUT2D eigenvalue weighted by Crippen LogP contribution is 2.14. The van der Waals surface area contributed by atoms with Gasteiger partial charge in [0.15, 0.2) is 0 Å². The maximum atomic E-state index is 4.30. The first kappa shape index (κ1) is 15.1. The summed E-state index contributed by atoms with van der Waals surface area (Å²) in [7, 11) is 0. The second-order valence-electron chi connectivity index (χ2n) is 4.54. The van der Waals surface area contributed by atoms with Gasteiger partial charge in [-0.05, 0) is 33.9 Å². The zero-order chi connectivity index (χ0) is 12.3. The molecule has 0 N–H and O–H groups in total. The third kappa shape index (κ3) is 7.87. The minimum Gasteiger partial charge on any atom is -0.214 e. The van der Waals surface area contributed by atoms with E-state index in [4.69, 9.17) is 0 Å². The molecule has 0 spiro atoms. The third-order valence-electron chi connectivity index (χ3n) is 2.94. The van der Waals surface area contributed by atoms with Crippen LogP contribution in [0, 0.1) is 0 Å². The molecule has 0 saturated heterocycles. The van der Waals surface area contributed by atoms with Gasteiger partial charge in [-0.25, -0.2) is 4.98 Å². The topological polar surface area (TPSA) is 25.8 Å². The monoisotopic (exact) mass is 318 g/mol. The van der Waals surface area contributed by atoms with Crippen molar-refractivity contribution in [2.75, 3.05) is 0 Å². The highest BCUT2D eigenvalue weighted by atomic mass is 79.9. The van der Waals surface area contributed by atoms with Gasteiger partial charge in [-0.2, -0.15) is 4.37 Å². The van der Waals surface area contributed by atoms with Gasteiger partial charge >= 0.3 is 0 Å². The maximum absolute atomic E-state index is 4.30. The SMILES string of the molecule is CCCCCCCCCCCc1nc(Br)ns1. The zero-order valence-electron chi connectivity index (χ0n) is 10.8. The van der Waals surface area contributed by atoms with Crippen LogP contribution in [0.15, 0.2) is 4.73 Å². The van der Waals surface area contributed by atoms with Gasteiger partial charge in [0.1, 0.15) is 5.01 Å². The van der Waals surface area contributed by atoms with Crippen molar-refractivity contribution < 1.29 is 0 Å². The highest BCUT2D eigenvalue weighted by Gasteiger charge is 2.00. The van der Waals surface area contributed by atoms with Crippen LogP contribution in [0.5, 0.6) is 0 Å². The van der Waals surface area contributed by atoms with E-state index in [9.17, 15) is 0 Å². The van der Waals surface area contributed by atoms with E-state index in [-0.39, 0.29) is 0 Å². The van der Waals surface area contributed by atoms with E-state index in [1.165, 1.54) is 74.3 Å². The van der Waals surface area contributed by atoms with Crippen LogP contribution in [0.25, 0.3) is 0 Å². The molecular formula is C13H23BrN2S. The van der Waals surface area contributed by atoms with Gasteiger partial charge < -0.3 is 0 Å². The molecule has 17 heavy (non-hydrogen) atoms. The van der Waals surface area contributed by atoms with Crippen LogP contribution in [0.2, 0.25) is 0 Å². The molecule has 0 bridgehead atoms. The van der Waals surface area contributed by atoms with E-state index in [1.807, 2.05) is 0 Å². The van der Waals surface area contributed by atoms with Crippen LogP contribution in [-0.4, -0.2) is 9.36 Å². The molecule has 0 amide bonds. The maximum Gasteiger partial charge on any atom is 0.209 e. The van der Waals surface area contributed by atoms with Crippen molar-refractivity contribution in [2.24, 2.45) is 0 Å². The molecule has 0 atom stereocenters. The molecule has 0 radical (unpaired) electrons. The summed E-state index contributed by atoms with van der Waals surface area (Å²) in [6.45, 7) is 2.27. The number of nitrogens with zero attached hydrogens (tertiary/aromatic N) is 2. The lowest BCUT2D eigenvalue weighted by Crippen LogP contribution is -1.85. The van der Waals surface area contributed by atoms with Crippen LogP contribution in [0.3, 0.4) is 0 Å². The molecule has 0 unspecified atom stereocenters. The number of hydrogen-bond acceptors (Lipinski definition) is 3. The predicted octanol–water partition coefficient (Wildman–Crippen LogP) is 5.37. The first-order valence-corrected chi connectivity index (χ1v) is 8.37. The molecule has 1 rings (SSSR count). The van der Waals surface area contributed by atoms with Crippen molar-refractivity contribution in [1.82, 2.24) is 9.36 Å². The normalized spacial score (nSPS) is 10.9. The highest BCUT2D eigenvalue weighted by molar-refractivity contribution is 9.10. The quantitative estimate of drug-likeness (QED) is 0.542. The van der Waals surface area contributed by atoms with Crippen LogP contribution in [-0.2, 0) is 6.42 Å². The Hall–Kier alpha value is 0.0400. The van der Waals surface area contributed by atoms with E-state index in [1.54, 1.807) is 0 Å². The molecule has 0 fully saturated rings. The molecule has 98 valence electrons. The lowest BCUT2D eigenvalue weighted by molar-refractivity contribution is 0.564. The Kier molecular flexibility index (Phi) is 8.89. The third-order valence-corrected chi connectivity index (χ3v) is 4.30. The molecule has 1 aromatic rings. The smallest absolute Gasteiger partial charge is 0.209 e. The molecule has 0 aliphatic carbocycles. The molecule has 1 heterocycles. The van der Waals surface area contributed by atoms with Crippen molar-refractivity contribution in [3.63, 3.8) is 0 Å². The first-order chi connectivity index (χ1) is 8.33. The Morgan fingerprint density at radius 1 is 0.941 bits per heavy atom. The van der Waals surface area contributed by atoms with Gasteiger partial charge in [0, 0.05) is 6.42 Å². The average molecular weight is 319 g/mol. The van der Waals surface area contributed by atoms with E-state index < -0.39 is 0 Å². The van der Waals surface area contributed by atoms with Gasteiger partial charge in [-0.15, -0.1) is 0 Å². The van der Waals surface area contributed by atoms with E-state index in [0.717, 1.165) is 11.2 Å². The van der Waals surface area contributed by atoms with Crippen LogP contribution in [0.4, 0.5) is 0 Å². The molecule has 0 aliphatic heterocycles. The zero-order valence-corrected chi connectivity index (χ0v) is 13.2. The Labute approximate surface area is 118 Å². The van der Waals surface area contributed by atoms with Gasteiger partial charge in [0.25, 0.3) is 0 Å². The van der Waals surface area contributed by atoms with Gasteiger partial charge in [-0.3, -0.25) is 0 Å². The number of hydrogen-bond donors (Lipinski definition) is 0. The van der Waals surface area contributed by atoms with Gasteiger partial charge in [0.2, 0.25) is 4.73 Å². The minimum atomic E-state index is 0.744. The Balaban J connectivity index is 1.84. The van der Waals surface area contributed by atoms with Crippen molar-refractivity contribution in [3.8, 4) is 0 Å². The molecule has 0 aliphatic rings. The molecular weight excluding hydrogens is 296 g/mol. The van der Waals surface area contributed by atoms with Gasteiger partial charge in [0.05, 0.1) is 0 Å². The Bertz CT molecular complexity index is 289. The summed E-state index contributed by atoms with van der Waals surface area (Å²) in [4.78, 5) is 4.30. The molecule has 0 saturated carbocycles. The van der Waals surface area contributed by atoms with Crippen LogP contribution in [0.1, 0.15) is 69.7 Å². The molecule has 1 aromatic heterocycles. The fourth-order valence-electron chi connectivity index (χ4n) is 1.92. The summed E-state index contributed by atoms with van der Waals surface area (Å²) < 4.78 is 4.86. The largest absolute Gasteiger partial charge is 0.214 e. The van der Waals surface area contributed by atoms with Crippen molar-refractivity contribution >= 4 is 27.5 Å². The molecule has 2 nitrogen and oxygen atoms in total. The number of aromatic nitrogens is 2. The van der Waals surface area contributed by atoms with Crippen molar-refractivity contribution in [1.29, 1.82) is 0 Å². The molecule has 4 heteroatoms. The Morgan fingerprint density at radius 2 is 1.53 bits per heavy atom. The summed E-state index contributed by atoms with van der Waals surface area (Å²) >= 11 is 4.80. The fraction of sp³-hybridized carbons (Fsp3) is 0.846. The second kappa shape index (κ2) is 10.0. The second-order valence-corrected chi connectivity index (χ2v) is 6.08. The van der Waals surface area contributed by atoms with Crippen molar-refractivity contribution in [2.45, 2.75) is 71.1 Å². The van der Waals surface area contributed by atoms with Crippen molar-refractivity contribution in [3.05, 3.63) is 9.74 Å². The fourth-order valence-corrected chi connectivity index (χ4v) is 3.06. The summed E-state index contributed by atoms with van der Waals surface area (Å²) in [6, 6.07) is 0. The number of rotatable bonds is 10. The summed E-state index contributed by atoms with van der Waals surface area (Å²) in [5, 5.41) is 1.17. The minimum absolute atomic E-state index is 0.744. The van der Waals surface area contributed by atoms with E-state index >= 15 is 0 Å². The number of aryl methyl sites for hydroxylation is 1. The van der Waals surface area contributed by atoms with E-state index in [0.29, 0.717) is 0 Å². The average Bonchev–Trinajstić information content (AvgIpc) is 2.73. The standard InChI is InChI=1S/C13H23BrN2S/c1-2-3-4-5-6-7-8-9-10-11-12-15-13(14)16-17-12/h2-11H2,1H3. The number of unbranched alkanes of at least 4 members (excludes halogenated alkanes) is 8. The van der Waals surface area contributed by atoms with Crippen LogP contribution >= 0.6 is 27.5 Å².